The fourth-order valence-electron chi connectivity index (χ4n) is 3.23. The summed E-state index contributed by atoms with van der Waals surface area (Å²) in [6.45, 7) is 0. The normalized spacial score (nSPS) is 15.7. The second kappa shape index (κ2) is 5.99. The molecule has 0 bridgehead atoms. The van der Waals surface area contributed by atoms with E-state index in [1.165, 1.54) is 0 Å². The number of hydrogen-bond acceptors (Lipinski definition) is 4. The highest BCUT2D eigenvalue weighted by Crippen LogP contribution is 2.43. The van der Waals surface area contributed by atoms with Crippen LogP contribution in [0.4, 0.5) is 5.82 Å². The molecule has 2 heterocycles. The predicted octanol–water partition coefficient (Wildman–Crippen LogP) is 3.77. The molecule has 1 aliphatic rings. The lowest BCUT2D eigenvalue weighted by atomic mass is 9.80. The van der Waals surface area contributed by atoms with E-state index in [2.05, 4.69) is 27.7 Å². The molecule has 3 aromatic rings. The summed E-state index contributed by atoms with van der Waals surface area (Å²) >= 11 is 0. The first-order valence-electron chi connectivity index (χ1n) is 7.82. The van der Waals surface area contributed by atoms with E-state index in [1.807, 2.05) is 48.5 Å². The number of H-pyrrole nitrogens is 1. The van der Waals surface area contributed by atoms with Gasteiger partial charge in [-0.2, -0.15) is 15.6 Å². The van der Waals surface area contributed by atoms with Crippen molar-refractivity contribution in [3.8, 4) is 12.1 Å². The Hall–Kier alpha value is -3.83. The number of nitriles is 2. The molecule has 1 aromatic heterocycles. The van der Waals surface area contributed by atoms with Gasteiger partial charge in [-0.15, -0.1) is 0 Å². The van der Waals surface area contributed by atoms with E-state index in [0.717, 1.165) is 28.2 Å². The number of allylic oxidation sites excluding steroid dienone is 1. The predicted molar refractivity (Wildman–Crippen MR) is 94.2 cm³/mol. The Labute approximate surface area is 144 Å². The van der Waals surface area contributed by atoms with Gasteiger partial charge in [-0.05, 0) is 17.2 Å². The maximum absolute atomic E-state index is 9.92. The van der Waals surface area contributed by atoms with Crippen LogP contribution in [0.5, 0.6) is 0 Å². The van der Waals surface area contributed by atoms with E-state index in [9.17, 15) is 10.5 Å². The fourth-order valence-corrected chi connectivity index (χ4v) is 3.23. The lowest BCUT2D eigenvalue weighted by Crippen LogP contribution is -2.17. The summed E-state index contributed by atoms with van der Waals surface area (Å²) in [5.41, 5.74) is 4.44. The van der Waals surface area contributed by atoms with Gasteiger partial charge >= 0.3 is 0 Å². The molecule has 4 rings (SSSR count). The molecule has 2 N–H and O–H groups in total. The zero-order valence-corrected chi connectivity index (χ0v) is 13.2. The van der Waals surface area contributed by atoms with Crippen molar-refractivity contribution in [1.29, 1.82) is 10.5 Å². The third-order valence-electron chi connectivity index (χ3n) is 4.36. The zero-order chi connectivity index (χ0) is 17.2. The number of hydrogen-bond donors (Lipinski definition) is 2. The molecule has 5 heteroatoms. The molecule has 1 unspecified atom stereocenters. The lowest BCUT2D eigenvalue weighted by molar-refractivity contribution is 0.965. The van der Waals surface area contributed by atoms with E-state index in [0.29, 0.717) is 11.1 Å². The summed E-state index contributed by atoms with van der Waals surface area (Å²) in [4.78, 5) is 0. The van der Waals surface area contributed by atoms with Crippen molar-refractivity contribution in [2.24, 2.45) is 0 Å². The first-order valence-corrected chi connectivity index (χ1v) is 7.82. The largest absolute Gasteiger partial charge is 0.339 e. The van der Waals surface area contributed by atoms with E-state index in [-0.39, 0.29) is 5.92 Å². The van der Waals surface area contributed by atoms with Crippen LogP contribution in [0.15, 0.2) is 66.4 Å². The Morgan fingerprint density at radius 2 is 1.64 bits per heavy atom. The number of aromatic nitrogens is 2. The number of rotatable bonds is 2. The molecule has 118 valence electrons. The van der Waals surface area contributed by atoms with Crippen LogP contribution >= 0.6 is 0 Å². The highest BCUT2D eigenvalue weighted by molar-refractivity contribution is 5.86. The van der Waals surface area contributed by atoms with Crippen LogP contribution in [0.2, 0.25) is 0 Å². The van der Waals surface area contributed by atoms with Crippen molar-refractivity contribution in [2.45, 2.75) is 5.92 Å². The van der Waals surface area contributed by atoms with Crippen molar-refractivity contribution in [3.05, 3.63) is 88.6 Å². The average molecular weight is 323 g/mol. The molecule has 1 aliphatic heterocycles. The minimum atomic E-state index is -0.342. The van der Waals surface area contributed by atoms with Crippen molar-refractivity contribution < 1.29 is 0 Å². The van der Waals surface area contributed by atoms with Gasteiger partial charge in [0.05, 0.1) is 41.1 Å². The van der Waals surface area contributed by atoms with Crippen LogP contribution in [0.25, 0.3) is 5.70 Å². The van der Waals surface area contributed by atoms with Crippen molar-refractivity contribution in [2.75, 3.05) is 5.32 Å². The van der Waals surface area contributed by atoms with Gasteiger partial charge in [0.25, 0.3) is 0 Å². The van der Waals surface area contributed by atoms with Crippen LogP contribution in [0.1, 0.15) is 28.2 Å². The first kappa shape index (κ1) is 14.7. The SMILES string of the molecule is N#CC1=C(c2ccccc2)Nc2[nH]ncc2C1c1ccccc1C#N. The summed E-state index contributed by atoms with van der Waals surface area (Å²) in [7, 11) is 0. The van der Waals surface area contributed by atoms with Gasteiger partial charge in [-0.25, -0.2) is 0 Å². The molecule has 2 aromatic carbocycles. The van der Waals surface area contributed by atoms with Crippen LogP contribution < -0.4 is 5.32 Å². The smallest absolute Gasteiger partial charge is 0.130 e. The molecule has 0 aliphatic carbocycles. The van der Waals surface area contributed by atoms with E-state index < -0.39 is 0 Å². The van der Waals surface area contributed by atoms with Crippen molar-refractivity contribution >= 4 is 11.5 Å². The quantitative estimate of drug-likeness (QED) is 0.751. The van der Waals surface area contributed by atoms with E-state index in [4.69, 9.17) is 0 Å². The number of benzene rings is 2. The number of anilines is 1. The maximum atomic E-state index is 9.92. The minimum absolute atomic E-state index is 0.342. The average Bonchev–Trinajstić information content (AvgIpc) is 3.15. The standard InChI is InChI=1S/C20H13N5/c21-10-14-8-4-5-9-15(14)18-16(11-22)19(13-6-2-1-3-7-13)24-20-17(18)12-23-25-20/h1-9,12,18H,(H2,23,24,25). The summed E-state index contributed by atoms with van der Waals surface area (Å²) in [5, 5.41) is 29.8. The number of aromatic amines is 1. The third-order valence-corrected chi connectivity index (χ3v) is 4.36. The van der Waals surface area contributed by atoms with Crippen LogP contribution in [0, 0.1) is 22.7 Å². The van der Waals surface area contributed by atoms with Crippen LogP contribution in [0.3, 0.4) is 0 Å². The minimum Gasteiger partial charge on any atom is -0.339 e. The summed E-state index contributed by atoms with van der Waals surface area (Å²) in [6.07, 6.45) is 1.71. The third kappa shape index (κ3) is 2.36. The Morgan fingerprint density at radius 3 is 2.40 bits per heavy atom. The zero-order valence-electron chi connectivity index (χ0n) is 13.2. The van der Waals surface area contributed by atoms with Crippen molar-refractivity contribution in [3.63, 3.8) is 0 Å². The lowest BCUT2D eigenvalue weighted by Gasteiger charge is -2.27. The molecular formula is C20H13N5. The van der Waals surface area contributed by atoms with Gasteiger partial charge in [-0.3, -0.25) is 5.10 Å². The first-order chi connectivity index (χ1) is 12.3. The Morgan fingerprint density at radius 1 is 0.880 bits per heavy atom. The second-order valence-corrected chi connectivity index (χ2v) is 5.72. The molecule has 0 fully saturated rings. The second-order valence-electron chi connectivity index (χ2n) is 5.72. The van der Waals surface area contributed by atoms with Gasteiger partial charge in [0.1, 0.15) is 5.82 Å². The molecule has 1 atom stereocenters. The summed E-state index contributed by atoms with van der Waals surface area (Å²) < 4.78 is 0. The number of nitrogens with one attached hydrogen (secondary N) is 2. The highest BCUT2D eigenvalue weighted by atomic mass is 15.2. The molecule has 0 radical (unpaired) electrons. The topological polar surface area (TPSA) is 88.3 Å². The van der Waals surface area contributed by atoms with Gasteiger partial charge < -0.3 is 5.32 Å². The highest BCUT2D eigenvalue weighted by Gasteiger charge is 2.32. The molecular weight excluding hydrogens is 310 g/mol. The number of nitrogens with zero attached hydrogens (tertiary/aromatic N) is 3. The fraction of sp³-hybridized carbons (Fsp3) is 0.0500. The summed E-state index contributed by atoms with van der Waals surface area (Å²) in [5.74, 6) is 0.404. The molecule has 25 heavy (non-hydrogen) atoms. The molecule has 5 nitrogen and oxygen atoms in total. The van der Waals surface area contributed by atoms with Gasteiger partial charge in [-0.1, -0.05) is 48.5 Å². The van der Waals surface area contributed by atoms with Gasteiger partial charge in [0.15, 0.2) is 0 Å². The number of fused-ring (bicyclic) bond motifs is 1. The van der Waals surface area contributed by atoms with Gasteiger partial charge in [0.2, 0.25) is 0 Å². The molecule has 0 amide bonds. The maximum Gasteiger partial charge on any atom is 0.130 e. The van der Waals surface area contributed by atoms with Crippen LogP contribution in [-0.4, -0.2) is 10.2 Å². The van der Waals surface area contributed by atoms with Crippen LogP contribution in [-0.2, 0) is 0 Å². The molecule has 0 saturated heterocycles. The Bertz CT molecular complexity index is 1050. The van der Waals surface area contributed by atoms with Gasteiger partial charge in [0, 0.05) is 5.56 Å². The monoisotopic (exact) mass is 323 g/mol. The Balaban J connectivity index is 2.00. The van der Waals surface area contributed by atoms with E-state index in [1.54, 1.807) is 12.3 Å². The molecule has 0 saturated carbocycles. The molecule has 0 spiro atoms. The van der Waals surface area contributed by atoms with Crippen molar-refractivity contribution in [1.82, 2.24) is 10.2 Å². The summed E-state index contributed by atoms with van der Waals surface area (Å²) in [6, 6.07) is 21.7. The van der Waals surface area contributed by atoms with E-state index >= 15 is 0 Å². The Kier molecular flexibility index (Phi) is 3.53.